The van der Waals surface area contributed by atoms with E-state index in [0.29, 0.717) is 6.04 Å². The Bertz CT molecular complexity index is 192. The summed E-state index contributed by atoms with van der Waals surface area (Å²) >= 11 is 0. The normalized spacial score (nSPS) is 40.6. The number of nitrogens with zero attached hydrogens (tertiary/aromatic N) is 1. The van der Waals surface area contributed by atoms with Crippen LogP contribution in [0.3, 0.4) is 0 Å². The van der Waals surface area contributed by atoms with E-state index in [1.165, 1.54) is 32.4 Å². The number of hydrogen-bond donors (Lipinski definition) is 2. The average molecular weight is 212 g/mol. The zero-order valence-corrected chi connectivity index (χ0v) is 9.95. The SMILES string of the molecule is C[C@@H]1C[C@H](C2CCNCC2)C[C@@H](O)N1C. The van der Waals surface area contributed by atoms with Gasteiger partial charge in [-0.25, -0.2) is 0 Å². The number of likely N-dealkylation sites (tertiary alicyclic amines) is 1. The molecule has 15 heavy (non-hydrogen) atoms. The molecule has 3 atom stereocenters. The Morgan fingerprint density at radius 3 is 2.40 bits per heavy atom. The molecule has 2 fully saturated rings. The molecule has 0 aliphatic carbocycles. The van der Waals surface area contributed by atoms with Gasteiger partial charge in [-0.05, 0) is 64.6 Å². The molecule has 0 aromatic heterocycles. The van der Waals surface area contributed by atoms with Crippen molar-refractivity contribution in [2.24, 2.45) is 11.8 Å². The number of nitrogens with one attached hydrogen (secondary N) is 1. The molecule has 2 saturated heterocycles. The lowest BCUT2D eigenvalue weighted by atomic mass is 9.77. The molecule has 0 saturated carbocycles. The summed E-state index contributed by atoms with van der Waals surface area (Å²) in [6.45, 7) is 4.57. The van der Waals surface area contributed by atoms with Crippen LogP contribution in [0.4, 0.5) is 0 Å². The molecule has 0 aromatic rings. The van der Waals surface area contributed by atoms with Crippen LogP contribution in [-0.4, -0.2) is 42.4 Å². The first-order valence-electron chi connectivity index (χ1n) is 6.29. The number of aliphatic hydroxyl groups is 1. The minimum absolute atomic E-state index is 0.214. The molecule has 0 spiro atoms. The molecule has 2 heterocycles. The predicted octanol–water partition coefficient (Wildman–Crippen LogP) is 1.03. The molecule has 0 bridgehead atoms. The molecule has 2 N–H and O–H groups in total. The number of rotatable bonds is 1. The van der Waals surface area contributed by atoms with Gasteiger partial charge >= 0.3 is 0 Å². The summed E-state index contributed by atoms with van der Waals surface area (Å²) in [6, 6.07) is 0.536. The van der Waals surface area contributed by atoms with Gasteiger partial charge in [0.2, 0.25) is 0 Å². The first-order valence-corrected chi connectivity index (χ1v) is 6.29. The molecule has 2 aliphatic heterocycles. The molecular weight excluding hydrogens is 188 g/mol. The van der Waals surface area contributed by atoms with Crippen molar-refractivity contribution in [2.75, 3.05) is 20.1 Å². The summed E-state index contributed by atoms with van der Waals surface area (Å²) in [6.07, 6.45) is 4.62. The summed E-state index contributed by atoms with van der Waals surface area (Å²) in [5, 5.41) is 13.4. The van der Waals surface area contributed by atoms with Crippen LogP contribution in [0.25, 0.3) is 0 Å². The van der Waals surface area contributed by atoms with E-state index in [0.717, 1.165) is 18.3 Å². The lowest BCUT2D eigenvalue weighted by Crippen LogP contribution is -2.47. The fourth-order valence-electron chi connectivity index (χ4n) is 3.13. The third kappa shape index (κ3) is 2.52. The van der Waals surface area contributed by atoms with Gasteiger partial charge in [0, 0.05) is 6.04 Å². The van der Waals surface area contributed by atoms with Crippen molar-refractivity contribution in [2.45, 2.75) is 44.9 Å². The average Bonchev–Trinajstić information content (AvgIpc) is 2.26. The van der Waals surface area contributed by atoms with Gasteiger partial charge in [0.05, 0.1) is 0 Å². The molecule has 0 aromatic carbocycles. The van der Waals surface area contributed by atoms with Crippen LogP contribution >= 0.6 is 0 Å². The molecule has 0 unspecified atom stereocenters. The van der Waals surface area contributed by atoms with Crippen molar-refractivity contribution < 1.29 is 5.11 Å². The molecular formula is C12H24N2O. The smallest absolute Gasteiger partial charge is 0.107 e. The standard InChI is InChI=1S/C12H24N2O/c1-9-7-11(8-12(15)14(9)2)10-3-5-13-6-4-10/h9-13,15H,3-8H2,1-2H3/t9-,11+,12-/m1/s1. The van der Waals surface area contributed by atoms with Gasteiger partial charge in [0.25, 0.3) is 0 Å². The second-order valence-electron chi connectivity index (χ2n) is 5.31. The van der Waals surface area contributed by atoms with Crippen LogP contribution in [0.5, 0.6) is 0 Å². The summed E-state index contributed by atoms with van der Waals surface area (Å²) in [5.41, 5.74) is 0. The predicted molar refractivity (Wildman–Crippen MR) is 61.5 cm³/mol. The highest BCUT2D eigenvalue weighted by molar-refractivity contribution is 4.85. The van der Waals surface area contributed by atoms with E-state index in [9.17, 15) is 5.11 Å². The fraction of sp³-hybridized carbons (Fsp3) is 1.00. The van der Waals surface area contributed by atoms with Gasteiger partial charge in [-0.1, -0.05) is 0 Å². The van der Waals surface area contributed by atoms with Gasteiger partial charge in [-0.3, -0.25) is 4.90 Å². The number of aliphatic hydroxyl groups excluding tert-OH is 1. The second kappa shape index (κ2) is 4.81. The summed E-state index contributed by atoms with van der Waals surface area (Å²) in [5.74, 6) is 1.59. The van der Waals surface area contributed by atoms with Gasteiger partial charge in [0.15, 0.2) is 0 Å². The Kier molecular flexibility index (Phi) is 3.65. The van der Waals surface area contributed by atoms with Crippen molar-refractivity contribution >= 4 is 0 Å². The van der Waals surface area contributed by atoms with Gasteiger partial charge < -0.3 is 10.4 Å². The van der Waals surface area contributed by atoms with Crippen molar-refractivity contribution in [3.8, 4) is 0 Å². The summed E-state index contributed by atoms with van der Waals surface area (Å²) in [4.78, 5) is 2.11. The minimum Gasteiger partial charge on any atom is -0.378 e. The van der Waals surface area contributed by atoms with Gasteiger partial charge in [-0.2, -0.15) is 0 Å². The van der Waals surface area contributed by atoms with Crippen LogP contribution < -0.4 is 5.32 Å². The molecule has 2 rings (SSSR count). The van der Waals surface area contributed by atoms with E-state index < -0.39 is 0 Å². The molecule has 3 nitrogen and oxygen atoms in total. The minimum atomic E-state index is -0.214. The second-order valence-corrected chi connectivity index (χ2v) is 5.31. The zero-order chi connectivity index (χ0) is 10.8. The van der Waals surface area contributed by atoms with E-state index in [2.05, 4.69) is 17.1 Å². The van der Waals surface area contributed by atoms with Crippen molar-refractivity contribution in [3.05, 3.63) is 0 Å². The Labute approximate surface area is 92.8 Å². The lowest BCUT2D eigenvalue weighted by molar-refractivity contribution is -0.0661. The summed E-state index contributed by atoms with van der Waals surface area (Å²) < 4.78 is 0. The third-order valence-electron chi connectivity index (χ3n) is 4.37. The van der Waals surface area contributed by atoms with E-state index in [4.69, 9.17) is 0 Å². The molecule has 0 radical (unpaired) electrons. The Balaban J connectivity index is 1.92. The van der Waals surface area contributed by atoms with E-state index in [-0.39, 0.29) is 6.23 Å². The number of hydrogen-bond acceptors (Lipinski definition) is 3. The monoisotopic (exact) mass is 212 g/mol. The molecule has 3 heteroatoms. The Hall–Kier alpha value is -0.120. The maximum absolute atomic E-state index is 9.96. The van der Waals surface area contributed by atoms with Gasteiger partial charge in [0.1, 0.15) is 6.23 Å². The van der Waals surface area contributed by atoms with Crippen LogP contribution in [0, 0.1) is 11.8 Å². The quantitative estimate of drug-likeness (QED) is 0.681. The molecule has 88 valence electrons. The third-order valence-corrected chi connectivity index (χ3v) is 4.37. The van der Waals surface area contributed by atoms with Crippen LogP contribution in [0.1, 0.15) is 32.6 Å². The molecule has 0 amide bonds. The van der Waals surface area contributed by atoms with Crippen molar-refractivity contribution in [3.63, 3.8) is 0 Å². The maximum Gasteiger partial charge on any atom is 0.107 e. The largest absolute Gasteiger partial charge is 0.378 e. The molecule has 2 aliphatic rings. The zero-order valence-electron chi connectivity index (χ0n) is 9.95. The number of piperidine rings is 2. The first-order chi connectivity index (χ1) is 7.18. The summed E-state index contributed by atoms with van der Waals surface area (Å²) in [7, 11) is 2.04. The highest BCUT2D eigenvalue weighted by Crippen LogP contribution is 2.34. The van der Waals surface area contributed by atoms with E-state index in [1.807, 2.05) is 7.05 Å². The van der Waals surface area contributed by atoms with Crippen LogP contribution in [-0.2, 0) is 0 Å². The van der Waals surface area contributed by atoms with Gasteiger partial charge in [-0.15, -0.1) is 0 Å². The fourth-order valence-corrected chi connectivity index (χ4v) is 3.13. The lowest BCUT2D eigenvalue weighted by Gasteiger charge is -2.43. The Morgan fingerprint density at radius 1 is 1.13 bits per heavy atom. The van der Waals surface area contributed by atoms with Crippen molar-refractivity contribution in [1.82, 2.24) is 10.2 Å². The Morgan fingerprint density at radius 2 is 1.80 bits per heavy atom. The topological polar surface area (TPSA) is 35.5 Å². The van der Waals surface area contributed by atoms with Crippen molar-refractivity contribution in [1.29, 1.82) is 0 Å². The van der Waals surface area contributed by atoms with E-state index in [1.54, 1.807) is 0 Å². The van der Waals surface area contributed by atoms with Crippen LogP contribution in [0.2, 0.25) is 0 Å². The highest BCUT2D eigenvalue weighted by Gasteiger charge is 2.34. The first kappa shape index (κ1) is 11.4. The van der Waals surface area contributed by atoms with E-state index >= 15 is 0 Å². The van der Waals surface area contributed by atoms with Crippen LogP contribution in [0.15, 0.2) is 0 Å². The highest BCUT2D eigenvalue weighted by atomic mass is 16.3. The maximum atomic E-state index is 9.96.